The second kappa shape index (κ2) is 7.63. The Morgan fingerprint density at radius 2 is 2.32 bits per heavy atom. The van der Waals surface area contributed by atoms with Gasteiger partial charge in [0, 0.05) is 33.8 Å². The number of rotatable bonds is 7. The molecule has 0 aliphatic carbocycles. The van der Waals surface area contributed by atoms with Crippen molar-refractivity contribution in [2.75, 3.05) is 13.2 Å². The fourth-order valence-corrected chi connectivity index (χ4v) is 2.88. The van der Waals surface area contributed by atoms with Gasteiger partial charge in [-0.1, -0.05) is 11.2 Å². The van der Waals surface area contributed by atoms with Crippen LogP contribution in [0, 0.1) is 5.82 Å². The van der Waals surface area contributed by atoms with Crippen LogP contribution < -0.4 is 9.88 Å². The standard InChI is InChI=1S/C16H21FN4O3S/c1-15(2,25(19)23)5-3-4-11-6-13(17)7-12-8-16(10-22,9-20-21-18)24-14(11)12/h3,5-7,22H,4,8-10,19H2,1-2H3/b5-3+. The summed E-state index contributed by atoms with van der Waals surface area (Å²) in [5.74, 6) is 0.0739. The van der Waals surface area contributed by atoms with Crippen LogP contribution in [-0.4, -0.2) is 33.2 Å². The highest BCUT2D eigenvalue weighted by atomic mass is 32.2. The number of fused-ring (bicyclic) bond motifs is 1. The van der Waals surface area contributed by atoms with Crippen LogP contribution in [0.3, 0.4) is 0 Å². The molecule has 1 aromatic carbocycles. The van der Waals surface area contributed by atoms with Crippen molar-refractivity contribution in [3.05, 3.63) is 51.7 Å². The molecule has 0 radical (unpaired) electrons. The molecular formula is C16H21FN4O3S. The summed E-state index contributed by atoms with van der Waals surface area (Å²) in [5.41, 5.74) is 8.65. The van der Waals surface area contributed by atoms with Crippen molar-refractivity contribution in [1.29, 1.82) is 0 Å². The van der Waals surface area contributed by atoms with Gasteiger partial charge in [-0.2, -0.15) is 5.14 Å². The molecule has 2 unspecified atom stereocenters. The molecule has 9 heteroatoms. The topological polar surface area (TPSA) is 127 Å². The monoisotopic (exact) mass is 368 g/mol. The molecule has 2 rings (SSSR count). The lowest BCUT2D eigenvalue weighted by atomic mass is 9.96. The molecule has 0 bridgehead atoms. The Hall–Kier alpha value is -1.77. The van der Waals surface area contributed by atoms with Crippen molar-refractivity contribution < 1.29 is 18.8 Å². The van der Waals surface area contributed by atoms with Crippen molar-refractivity contribution >= 4 is 11.4 Å². The number of allylic oxidation sites excluding steroid dienone is 1. The van der Waals surface area contributed by atoms with Crippen molar-refractivity contribution in [3.8, 4) is 5.75 Å². The van der Waals surface area contributed by atoms with Gasteiger partial charge in [0.1, 0.15) is 17.2 Å². The third kappa shape index (κ3) is 4.45. The summed E-state index contributed by atoms with van der Waals surface area (Å²) in [6.07, 6.45) is 4.08. The number of halogens is 1. The zero-order valence-corrected chi connectivity index (χ0v) is 14.9. The van der Waals surface area contributed by atoms with E-state index in [4.69, 9.17) is 15.4 Å². The summed E-state index contributed by atoms with van der Waals surface area (Å²) in [7, 11) is 0. The molecule has 1 aliphatic heterocycles. The number of nitrogens with two attached hydrogens (primary N) is 1. The van der Waals surface area contributed by atoms with E-state index in [0.717, 1.165) is 0 Å². The third-order valence-corrected chi connectivity index (χ3v) is 5.30. The molecule has 136 valence electrons. The summed E-state index contributed by atoms with van der Waals surface area (Å²) in [6, 6.07) is 2.71. The van der Waals surface area contributed by atoms with Crippen LogP contribution in [0.1, 0.15) is 25.0 Å². The zero-order chi connectivity index (χ0) is 18.7. The molecule has 0 spiro atoms. The Kier molecular flexibility index (Phi) is 5.97. The molecule has 3 N–H and O–H groups in total. The normalized spacial score (nSPS) is 20.9. The van der Waals surface area contributed by atoms with E-state index in [-0.39, 0.29) is 19.6 Å². The van der Waals surface area contributed by atoms with E-state index < -0.39 is 27.5 Å². The minimum absolute atomic E-state index is 0.0508. The molecule has 0 aromatic heterocycles. The number of aliphatic hydroxyl groups excluding tert-OH is 1. The molecule has 25 heavy (non-hydrogen) atoms. The predicted molar refractivity (Wildman–Crippen MR) is 93.8 cm³/mol. The van der Waals surface area contributed by atoms with E-state index in [1.54, 1.807) is 26.0 Å². The SMILES string of the molecule is CC(C)(/C=C/Cc1cc(F)cc2c1OC(CO)(CN=[N+]=[N-])C2)[S+](N)[O-]. The van der Waals surface area contributed by atoms with E-state index in [1.165, 1.54) is 12.1 Å². The van der Waals surface area contributed by atoms with Gasteiger partial charge in [0.05, 0.1) is 13.2 Å². The fraction of sp³-hybridized carbons (Fsp3) is 0.500. The first-order chi connectivity index (χ1) is 11.7. The highest BCUT2D eigenvalue weighted by Crippen LogP contribution is 2.39. The lowest BCUT2D eigenvalue weighted by Gasteiger charge is -2.24. The lowest BCUT2D eigenvalue weighted by Crippen LogP contribution is -2.41. The molecular weight excluding hydrogens is 347 g/mol. The van der Waals surface area contributed by atoms with Gasteiger partial charge in [0.15, 0.2) is 4.75 Å². The van der Waals surface area contributed by atoms with Gasteiger partial charge in [0.2, 0.25) is 0 Å². The Morgan fingerprint density at radius 3 is 2.92 bits per heavy atom. The van der Waals surface area contributed by atoms with Crippen molar-refractivity contribution in [2.45, 2.75) is 37.0 Å². The van der Waals surface area contributed by atoms with Crippen LogP contribution in [0.15, 0.2) is 29.4 Å². The first-order valence-electron chi connectivity index (χ1n) is 7.69. The predicted octanol–water partition coefficient (Wildman–Crippen LogP) is 2.30. The van der Waals surface area contributed by atoms with Crippen LogP contribution in [0.5, 0.6) is 5.75 Å². The molecule has 1 aromatic rings. The molecule has 0 fully saturated rings. The van der Waals surface area contributed by atoms with Crippen LogP contribution >= 0.6 is 0 Å². The largest absolute Gasteiger partial charge is 0.598 e. The van der Waals surface area contributed by atoms with Gasteiger partial charge in [0.25, 0.3) is 0 Å². The smallest absolute Gasteiger partial charge is 0.157 e. The fourth-order valence-electron chi connectivity index (χ4n) is 2.65. The Labute approximate surface area is 148 Å². The minimum Gasteiger partial charge on any atom is -0.598 e. The molecule has 0 saturated carbocycles. The van der Waals surface area contributed by atoms with E-state index in [2.05, 4.69) is 10.0 Å². The Balaban J connectivity index is 2.27. The van der Waals surface area contributed by atoms with Crippen molar-refractivity contribution in [2.24, 2.45) is 10.3 Å². The lowest BCUT2D eigenvalue weighted by molar-refractivity contribution is 0.0354. The van der Waals surface area contributed by atoms with E-state index in [0.29, 0.717) is 23.3 Å². The Morgan fingerprint density at radius 1 is 1.60 bits per heavy atom. The molecule has 1 heterocycles. The minimum atomic E-state index is -1.53. The van der Waals surface area contributed by atoms with Gasteiger partial charge in [-0.05, 0) is 44.0 Å². The molecule has 0 saturated heterocycles. The van der Waals surface area contributed by atoms with Crippen molar-refractivity contribution in [3.63, 3.8) is 0 Å². The molecule has 2 atom stereocenters. The molecule has 1 aliphatic rings. The van der Waals surface area contributed by atoms with Crippen molar-refractivity contribution in [1.82, 2.24) is 0 Å². The number of benzene rings is 1. The highest BCUT2D eigenvalue weighted by Gasteiger charge is 2.40. The first-order valence-corrected chi connectivity index (χ1v) is 8.90. The van der Waals surface area contributed by atoms with E-state index in [1.807, 2.05) is 0 Å². The number of hydrogen-bond donors (Lipinski definition) is 2. The van der Waals surface area contributed by atoms with Crippen LogP contribution in [-0.2, 0) is 24.2 Å². The summed E-state index contributed by atoms with van der Waals surface area (Å²) < 4.78 is 30.5. The third-order valence-electron chi connectivity index (χ3n) is 4.12. The summed E-state index contributed by atoms with van der Waals surface area (Å²) >= 11 is -1.53. The molecule has 7 nitrogen and oxygen atoms in total. The van der Waals surface area contributed by atoms with Gasteiger partial charge in [-0.25, -0.2) is 4.39 Å². The zero-order valence-electron chi connectivity index (χ0n) is 14.1. The van der Waals surface area contributed by atoms with Gasteiger partial charge < -0.3 is 14.4 Å². The van der Waals surface area contributed by atoms with Gasteiger partial charge in [-0.3, -0.25) is 0 Å². The summed E-state index contributed by atoms with van der Waals surface area (Å²) in [4.78, 5) is 2.70. The van der Waals surface area contributed by atoms with Crippen LogP contribution in [0.4, 0.5) is 4.39 Å². The second-order valence-electron chi connectivity index (χ2n) is 6.57. The summed E-state index contributed by atoms with van der Waals surface area (Å²) in [5, 5.41) is 18.6. The maximum Gasteiger partial charge on any atom is 0.157 e. The second-order valence-corrected chi connectivity index (χ2v) is 8.22. The van der Waals surface area contributed by atoms with Crippen LogP contribution in [0.2, 0.25) is 0 Å². The number of aliphatic hydroxyl groups is 1. The molecule has 0 amide bonds. The van der Waals surface area contributed by atoms with E-state index >= 15 is 0 Å². The number of ether oxygens (including phenoxy) is 1. The number of nitrogens with zero attached hydrogens (tertiary/aromatic N) is 3. The number of hydrogen-bond acceptors (Lipinski definition) is 5. The van der Waals surface area contributed by atoms with E-state index in [9.17, 15) is 14.0 Å². The van der Waals surface area contributed by atoms with Gasteiger partial charge >= 0.3 is 0 Å². The number of azide groups is 1. The highest BCUT2D eigenvalue weighted by molar-refractivity contribution is 7.90. The quantitative estimate of drug-likeness (QED) is 0.252. The maximum absolute atomic E-state index is 13.9. The average Bonchev–Trinajstić information content (AvgIpc) is 2.91. The average molecular weight is 368 g/mol. The Bertz CT molecular complexity index is 720. The maximum atomic E-state index is 13.9. The summed E-state index contributed by atoms with van der Waals surface area (Å²) in [6.45, 7) is 3.08. The van der Waals surface area contributed by atoms with Gasteiger partial charge in [-0.15, -0.1) is 0 Å². The van der Waals surface area contributed by atoms with Crippen LogP contribution in [0.25, 0.3) is 10.4 Å². The first kappa shape index (κ1) is 19.6.